The molecule has 0 bridgehead atoms. The number of carbonyl (C=O) groups excluding carboxylic acids is 1. The van der Waals surface area contributed by atoms with Gasteiger partial charge < -0.3 is 10.6 Å². The maximum Gasteiger partial charge on any atom is 0.234 e. The molecule has 1 amide bonds. The summed E-state index contributed by atoms with van der Waals surface area (Å²) >= 11 is 0. The van der Waals surface area contributed by atoms with Crippen LogP contribution in [0.1, 0.15) is 25.1 Å². The SMILES string of the molecule is Cc1ccc2cc(CNCC(=O)NC(C)C)ccc2n1. The van der Waals surface area contributed by atoms with Gasteiger partial charge in [-0.05, 0) is 44.5 Å². The lowest BCUT2D eigenvalue weighted by atomic mass is 10.1. The average molecular weight is 271 g/mol. The van der Waals surface area contributed by atoms with Gasteiger partial charge in [-0.2, -0.15) is 0 Å². The molecule has 1 aromatic carbocycles. The first kappa shape index (κ1) is 14.5. The third kappa shape index (κ3) is 4.03. The highest BCUT2D eigenvalue weighted by atomic mass is 16.1. The number of nitrogens with one attached hydrogen (secondary N) is 2. The molecule has 0 radical (unpaired) electrons. The van der Waals surface area contributed by atoms with Gasteiger partial charge in [0.2, 0.25) is 5.91 Å². The summed E-state index contributed by atoms with van der Waals surface area (Å²) in [6.45, 7) is 6.91. The summed E-state index contributed by atoms with van der Waals surface area (Å²) < 4.78 is 0. The molecule has 0 spiro atoms. The molecule has 0 atom stereocenters. The number of aromatic nitrogens is 1. The summed E-state index contributed by atoms with van der Waals surface area (Å²) in [5.74, 6) is 0.0260. The van der Waals surface area contributed by atoms with Crippen LogP contribution in [0.4, 0.5) is 0 Å². The Morgan fingerprint density at radius 1 is 1.25 bits per heavy atom. The Balaban J connectivity index is 1.93. The molecular formula is C16H21N3O. The average Bonchev–Trinajstić information content (AvgIpc) is 2.38. The van der Waals surface area contributed by atoms with Gasteiger partial charge in [0.1, 0.15) is 0 Å². The highest BCUT2D eigenvalue weighted by Gasteiger charge is 2.03. The van der Waals surface area contributed by atoms with Crippen LogP contribution in [0.15, 0.2) is 30.3 Å². The first-order valence-electron chi connectivity index (χ1n) is 6.91. The number of hydrogen-bond donors (Lipinski definition) is 2. The van der Waals surface area contributed by atoms with E-state index in [1.807, 2.05) is 39.0 Å². The second kappa shape index (κ2) is 6.48. The molecule has 0 unspecified atom stereocenters. The summed E-state index contributed by atoms with van der Waals surface area (Å²) in [5.41, 5.74) is 3.18. The van der Waals surface area contributed by atoms with Crippen molar-refractivity contribution in [1.29, 1.82) is 0 Å². The van der Waals surface area contributed by atoms with Gasteiger partial charge in [-0.1, -0.05) is 12.1 Å². The number of nitrogens with zero attached hydrogens (tertiary/aromatic N) is 1. The number of amides is 1. The largest absolute Gasteiger partial charge is 0.353 e. The molecule has 2 aromatic rings. The van der Waals surface area contributed by atoms with Crippen molar-refractivity contribution in [2.75, 3.05) is 6.54 Å². The number of fused-ring (bicyclic) bond motifs is 1. The van der Waals surface area contributed by atoms with Crippen LogP contribution in [0.5, 0.6) is 0 Å². The lowest BCUT2D eigenvalue weighted by Gasteiger charge is -2.09. The number of carbonyl (C=O) groups is 1. The Morgan fingerprint density at radius 2 is 2.05 bits per heavy atom. The smallest absolute Gasteiger partial charge is 0.234 e. The molecular weight excluding hydrogens is 250 g/mol. The Labute approximate surface area is 119 Å². The molecule has 0 fully saturated rings. The number of pyridine rings is 1. The minimum absolute atomic E-state index is 0.0260. The Hall–Kier alpha value is -1.94. The van der Waals surface area contributed by atoms with Crippen molar-refractivity contribution < 1.29 is 4.79 Å². The molecule has 106 valence electrons. The quantitative estimate of drug-likeness (QED) is 0.876. The van der Waals surface area contributed by atoms with Crippen LogP contribution < -0.4 is 10.6 Å². The number of hydrogen-bond acceptors (Lipinski definition) is 3. The third-order valence-corrected chi connectivity index (χ3v) is 2.96. The van der Waals surface area contributed by atoms with Crippen LogP contribution in [-0.4, -0.2) is 23.5 Å². The van der Waals surface area contributed by atoms with Crippen molar-refractivity contribution >= 4 is 16.8 Å². The molecule has 0 aliphatic rings. The van der Waals surface area contributed by atoms with Crippen molar-refractivity contribution in [2.45, 2.75) is 33.4 Å². The fraction of sp³-hybridized carbons (Fsp3) is 0.375. The zero-order chi connectivity index (χ0) is 14.5. The molecule has 0 saturated heterocycles. The predicted octanol–water partition coefficient (Wildman–Crippen LogP) is 2.16. The van der Waals surface area contributed by atoms with Gasteiger partial charge in [0.25, 0.3) is 0 Å². The van der Waals surface area contributed by atoms with E-state index in [9.17, 15) is 4.79 Å². The van der Waals surface area contributed by atoms with Gasteiger partial charge in [0.05, 0.1) is 12.1 Å². The van der Waals surface area contributed by atoms with Gasteiger partial charge in [-0.15, -0.1) is 0 Å². The highest BCUT2D eigenvalue weighted by Crippen LogP contribution is 2.14. The summed E-state index contributed by atoms with van der Waals surface area (Å²) in [5, 5.41) is 7.13. The monoisotopic (exact) mass is 271 g/mol. The van der Waals surface area contributed by atoms with Crippen LogP contribution in [0.3, 0.4) is 0 Å². The van der Waals surface area contributed by atoms with Crippen LogP contribution in [-0.2, 0) is 11.3 Å². The molecule has 0 saturated carbocycles. The van der Waals surface area contributed by atoms with Crippen LogP contribution >= 0.6 is 0 Å². The summed E-state index contributed by atoms with van der Waals surface area (Å²) in [6, 6.07) is 10.4. The van der Waals surface area contributed by atoms with Gasteiger partial charge >= 0.3 is 0 Å². The normalized spacial score (nSPS) is 11.0. The first-order chi connectivity index (χ1) is 9.54. The number of rotatable bonds is 5. The van der Waals surface area contributed by atoms with Crippen LogP contribution in [0.2, 0.25) is 0 Å². The topological polar surface area (TPSA) is 54.0 Å². The zero-order valence-corrected chi connectivity index (χ0v) is 12.2. The Morgan fingerprint density at radius 3 is 2.80 bits per heavy atom. The molecule has 2 rings (SSSR count). The van der Waals surface area contributed by atoms with E-state index < -0.39 is 0 Å². The minimum Gasteiger partial charge on any atom is -0.353 e. The molecule has 1 aromatic heterocycles. The van der Waals surface area contributed by atoms with Gasteiger partial charge in [0, 0.05) is 23.7 Å². The molecule has 2 N–H and O–H groups in total. The standard InChI is InChI=1S/C16H21N3O/c1-11(2)18-16(20)10-17-9-13-5-7-15-14(8-13)6-4-12(3)19-15/h4-8,11,17H,9-10H2,1-3H3,(H,18,20). The van der Waals surface area contributed by atoms with Crippen LogP contribution in [0, 0.1) is 6.92 Å². The first-order valence-corrected chi connectivity index (χ1v) is 6.91. The van der Waals surface area contributed by atoms with E-state index in [1.54, 1.807) is 0 Å². The molecule has 4 heteroatoms. The summed E-state index contributed by atoms with van der Waals surface area (Å²) in [6.07, 6.45) is 0. The van der Waals surface area contributed by atoms with E-state index in [1.165, 1.54) is 0 Å². The summed E-state index contributed by atoms with van der Waals surface area (Å²) in [7, 11) is 0. The molecule has 20 heavy (non-hydrogen) atoms. The van der Waals surface area contributed by atoms with E-state index in [0.717, 1.165) is 22.2 Å². The van der Waals surface area contributed by atoms with Crippen molar-refractivity contribution in [3.05, 3.63) is 41.6 Å². The molecule has 0 aliphatic carbocycles. The fourth-order valence-corrected chi connectivity index (χ4v) is 2.08. The van der Waals surface area contributed by atoms with Crippen LogP contribution in [0.25, 0.3) is 10.9 Å². The van der Waals surface area contributed by atoms with Crippen molar-refractivity contribution in [3.8, 4) is 0 Å². The van der Waals surface area contributed by atoms with Gasteiger partial charge in [-0.25, -0.2) is 0 Å². The highest BCUT2D eigenvalue weighted by molar-refractivity contribution is 5.79. The van der Waals surface area contributed by atoms with Gasteiger partial charge in [0.15, 0.2) is 0 Å². The molecule has 1 heterocycles. The maximum absolute atomic E-state index is 11.5. The van der Waals surface area contributed by atoms with E-state index in [4.69, 9.17) is 0 Å². The van der Waals surface area contributed by atoms with Gasteiger partial charge in [-0.3, -0.25) is 9.78 Å². The lowest BCUT2D eigenvalue weighted by Crippen LogP contribution is -2.37. The Bertz CT molecular complexity index is 608. The number of benzene rings is 1. The maximum atomic E-state index is 11.5. The fourth-order valence-electron chi connectivity index (χ4n) is 2.08. The molecule has 4 nitrogen and oxygen atoms in total. The summed E-state index contributed by atoms with van der Waals surface area (Å²) in [4.78, 5) is 16.0. The molecule has 0 aliphatic heterocycles. The minimum atomic E-state index is 0.0260. The number of aryl methyl sites for hydroxylation is 1. The van der Waals surface area contributed by atoms with E-state index in [-0.39, 0.29) is 11.9 Å². The lowest BCUT2D eigenvalue weighted by molar-refractivity contribution is -0.120. The Kier molecular flexibility index (Phi) is 4.69. The van der Waals surface area contributed by atoms with Crippen molar-refractivity contribution in [3.63, 3.8) is 0 Å². The van der Waals surface area contributed by atoms with E-state index >= 15 is 0 Å². The second-order valence-electron chi connectivity index (χ2n) is 5.31. The zero-order valence-electron chi connectivity index (χ0n) is 12.2. The van der Waals surface area contributed by atoms with Crippen molar-refractivity contribution in [1.82, 2.24) is 15.6 Å². The second-order valence-corrected chi connectivity index (χ2v) is 5.31. The van der Waals surface area contributed by atoms with Crippen molar-refractivity contribution in [2.24, 2.45) is 0 Å². The third-order valence-electron chi connectivity index (χ3n) is 2.96. The predicted molar refractivity (Wildman–Crippen MR) is 81.5 cm³/mol. The van der Waals surface area contributed by atoms with E-state index in [2.05, 4.69) is 27.8 Å². The van der Waals surface area contributed by atoms with E-state index in [0.29, 0.717) is 13.1 Å².